The van der Waals surface area contributed by atoms with Crippen LogP contribution in [0.1, 0.15) is 0 Å². The van der Waals surface area contributed by atoms with Crippen molar-refractivity contribution in [2.75, 3.05) is 11.9 Å². The van der Waals surface area contributed by atoms with Gasteiger partial charge in [-0.15, -0.1) is 6.58 Å². The van der Waals surface area contributed by atoms with Gasteiger partial charge in [-0.25, -0.2) is 9.97 Å². The molecule has 0 unspecified atom stereocenters. The van der Waals surface area contributed by atoms with Gasteiger partial charge in [0.2, 0.25) is 0 Å². The number of nitrogens with one attached hydrogen (secondary N) is 1. The van der Waals surface area contributed by atoms with Crippen LogP contribution in [0.2, 0.25) is 0 Å². The van der Waals surface area contributed by atoms with E-state index in [2.05, 4.69) is 50.5 Å². The fourth-order valence-corrected chi connectivity index (χ4v) is 1.83. The highest BCUT2D eigenvalue weighted by Gasteiger charge is 2.02. The summed E-state index contributed by atoms with van der Waals surface area (Å²) in [6.07, 6.45) is 3.38. The maximum atomic E-state index is 4.21. The number of fused-ring (bicyclic) bond motifs is 1. The lowest BCUT2D eigenvalue weighted by Gasteiger charge is -2.05. The number of rotatable bonds is 3. The largest absolute Gasteiger partial charge is 0.366 e. The second-order valence-electron chi connectivity index (χ2n) is 3.05. The average molecular weight is 311 g/mol. The van der Waals surface area contributed by atoms with E-state index in [-0.39, 0.29) is 0 Å². The van der Waals surface area contributed by atoms with Gasteiger partial charge in [-0.2, -0.15) is 0 Å². The number of hydrogen-bond acceptors (Lipinski definition) is 3. The van der Waals surface area contributed by atoms with E-state index in [1.807, 2.05) is 18.2 Å². The van der Waals surface area contributed by atoms with E-state index >= 15 is 0 Å². The molecule has 0 aliphatic heterocycles. The first-order chi connectivity index (χ1) is 7.31. The van der Waals surface area contributed by atoms with Crippen molar-refractivity contribution in [3.63, 3.8) is 0 Å². The molecule has 0 aliphatic carbocycles. The van der Waals surface area contributed by atoms with Gasteiger partial charge < -0.3 is 5.32 Å². The van der Waals surface area contributed by atoms with Gasteiger partial charge in [0.05, 0.1) is 5.52 Å². The Hall–Kier alpha value is -1.17. The Morgan fingerprint density at radius 2 is 2.27 bits per heavy atom. The summed E-state index contributed by atoms with van der Waals surface area (Å²) in [4.78, 5) is 8.42. The molecule has 15 heavy (non-hydrogen) atoms. The Balaban J connectivity index is 2.52. The molecule has 3 nitrogen and oxygen atoms in total. The van der Waals surface area contributed by atoms with Gasteiger partial charge in [-0.1, -0.05) is 6.08 Å². The fourth-order valence-electron chi connectivity index (χ4n) is 1.34. The molecule has 1 heterocycles. The molecular formula is C11H10IN3. The molecule has 76 valence electrons. The third kappa shape index (κ3) is 2.26. The van der Waals surface area contributed by atoms with E-state index in [1.165, 1.54) is 3.57 Å². The summed E-state index contributed by atoms with van der Waals surface area (Å²) in [7, 11) is 0. The van der Waals surface area contributed by atoms with Crippen LogP contribution < -0.4 is 5.32 Å². The minimum absolute atomic E-state index is 0.706. The predicted octanol–water partition coefficient (Wildman–Crippen LogP) is 2.83. The predicted molar refractivity (Wildman–Crippen MR) is 70.9 cm³/mol. The molecule has 0 fully saturated rings. The van der Waals surface area contributed by atoms with Crippen LogP contribution >= 0.6 is 22.6 Å². The normalized spacial score (nSPS) is 10.2. The quantitative estimate of drug-likeness (QED) is 0.700. The monoisotopic (exact) mass is 311 g/mol. The Bertz CT molecular complexity index is 496. The minimum Gasteiger partial charge on any atom is -0.366 e. The molecule has 0 saturated carbocycles. The molecule has 0 saturated heterocycles. The van der Waals surface area contributed by atoms with Gasteiger partial charge in [0, 0.05) is 15.5 Å². The Labute approximate surface area is 102 Å². The Kier molecular flexibility index (Phi) is 3.15. The molecule has 1 aromatic heterocycles. The average Bonchev–Trinajstić information content (AvgIpc) is 2.26. The summed E-state index contributed by atoms with van der Waals surface area (Å²) in [6.45, 7) is 4.37. The van der Waals surface area contributed by atoms with Gasteiger partial charge in [0.1, 0.15) is 12.1 Å². The summed E-state index contributed by atoms with van der Waals surface area (Å²) < 4.78 is 1.18. The van der Waals surface area contributed by atoms with Gasteiger partial charge in [0.15, 0.2) is 0 Å². The van der Waals surface area contributed by atoms with Crippen LogP contribution in [-0.2, 0) is 0 Å². The van der Waals surface area contributed by atoms with Crippen LogP contribution in [0.3, 0.4) is 0 Å². The first-order valence-electron chi connectivity index (χ1n) is 4.56. The number of hydrogen-bond donors (Lipinski definition) is 1. The first kappa shape index (κ1) is 10.4. The number of anilines is 1. The molecule has 1 N–H and O–H groups in total. The van der Waals surface area contributed by atoms with Crippen LogP contribution in [0.15, 0.2) is 37.2 Å². The molecular weight excluding hydrogens is 301 g/mol. The van der Waals surface area contributed by atoms with Gasteiger partial charge in [0.25, 0.3) is 0 Å². The molecule has 0 amide bonds. The van der Waals surface area contributed by atoms with E-state index in [9.17, 15) is 0 Å². The summed E-state index contributed by atoms with van der Waals surface area (Å²) in [5.41, 5.74) is 0.956. The van der Waals surface area contributed by atoms with Crippen LogP contribution in [0, 0.1) is 3.57 Å². The van der Waals surface area contributed by atoms with E-state index in [4.69, 9.17) is 0 Å². The van der Waals surface area contributed by atoms with Crippen molar-refractivity contribution in [2.24, 2.45) is 0 Å². The van der Waals surface area contributed by atoms with Crippen molar-refractivity contribution in [3.8, 4) is 0 Å². The number of benzene rings is 1. The molecule has 2 aromatic rings. The zero-order valence-electron chi connectivity index (χ0n) is 8.07. The highest BCUT2D eigenvalue weighted by Crippen LogP contribution is 2.21. The van der Waals surface area contributed by atoms with E-state index < -0.39 is 0 Å². The topological polar surface area (TPSA) is 37.8 Å². The SMILES string of the molecule is C=CCNc1ncnc2ccc(I)cc12. The highest BCUT2D eigenvalue weighted by molar-refractivity contribution is 14.1. The van der Waals surface area contributed by atoms with Crippen molar-refractivity contribution in [2.45, 2.75) is 0 Å². The third-order valence-electron chi connectivity index (χ3n) is 2.01. The minimum atomic E-state index is 0.706. The maximum absolute atomic E-state index is 4.21. The summed E-state index contributed by atoms with van der Waals surface area (Å²) in [5, 5.41) is 4.24. The van der Waals surface area contributed by atoms with E-state index in [0.717, 1.165) is 16.7 Å². The first-order valence-corrected chi connectivity index (χ1v) is 5.64. The van der Waals surface area contributed by atoms with Crippen LogP contribution in [0.5, 0.6) is 0 Å². The second-order valence-corrected chi connectivity index (χ2v) is 4.30. The van der Waals surface area contributed by atoms with Crippen LogP contribution in [-0.4, -0.2) is 16.5 Å². The standard InChI is InChI=1S/C11H10IN3/c1-2-5-13-11-9-6-8(12)3-4-10(9)14-7-15-11/h2-4,6-7H,1,5H2,(H,13,14,15). The lowest BCUT2D eigenvalue weighted by molar-refractivity contribution is 1.18. The zero-order valence-corrected chi connectivity index (χ0v) is 10.2. The fraction of sp³-hybridized carbons (Fsp3) is 0.0909. The summed E-state index contributed by atoms with van der Waals surface area (Å²) >= 11 is 2.28. The Morgan fingerprint density at radius 1 is 1.40 bits per heavy atom. The molecule has 0 bridgehead atoms. The van der Waals surface area contributed by atoms with Gasteiger partial charge in [-0.3, -0.25) is 0 Å². The zero-order chi connectivity index (χ0) is 10.7. The van der Waals surface area contributed by atoms with Crippen molar-refractivity contribution >= 4 is 39.3 Å². The lowest BCUT2D eigenvalue weighted by atomic mass is 10.2. The molecule has 0 radical (unpaired) electrons. The van der Waals surface area contributed by atoms with E-state index in [1.54, 1.807) is 6.33 Å². The Morgan fingerprint density at radius 3 is 3.07 bits per heavy atom. The second kappa shape index (κ2) is 4.57. The van der Waals surface area contributed by atoms with Crippen LogP contribution in [0.25, 0.3) is 10.9 Å². The van der Waals surface area contributed by atoms with Gasteiger partial charge in [-0.05, 0) is 40.8 Å². The smallest absolute Gasteiger partial charge is 0.137 e. The third-order valence-corrected chi connectivity index (χ3v) is 2.68. The molecule has 1 aromatic carbocycles. The van der Waals surface area contributed by atoms with Crippen molar-refractivity contribution < 1.29 is 0 Å². The molecule has 0 atom stereocenters. The van der Waals surface area contributed by atoms with Crippen molar-refractivity contribution in [3.05, 3.63) is 40.8 Å². The van der Waals surface area contributed by atoms with E-state index in [0.29, 0.717) is 6.54 Å². The van der Waals surface area contributed by atoms with Crippen LogP contribution in [0.4, 0.5) is 5.82 Å². The maximum Gasteiger partial charge on any atom is 0.137 e. The van der Waals surface area contributed by atoms with Gasteiger partial charge >= 0.3 is 0 Å². The molecule has 0 spiro atoms. The summed E-state index contributed by atoms with van der Waals surface area (Å²) in [6, 6.07) is 6.10. The lowest BCUT2D eigenvalue weighted by Crippen LogP contribution is -2.01. The summed E-state index contributed by atoms with van der Waals surface area (Å²) in [5.74, 6) is 0.860. The highest BCUT2D eigenvalue weighted by atomic mass is 127. The van der Waals surface area contributed by atoms with Crippen molar-refractivity contribution in [1.29, 1.82) is 0 Å². The number of nitrogens with zero attached hydrogens (tertiary/aromatic N) is 2. The molecule has 0 aliphatic rings. The molecule has 2 rings (SSSR count). The number of aromatic nitrogens is 2. The van der Waals surface area contributed by atoms with Crippen molar-refractivity contribution in [1.82, 2.24) is 9.97 Å². The molecule has 4 heteroatoms. The number of halogens is 1.